The standard InChI is InChI=1S/C20H15ClN2O3/c21-14-2-3-15-16(11-14)22-19-13(5-6-23(19)20(15)24)9-12-1-4-17-18(10-12)26-8-7-25-17/h1-4,9-11H,5-8H2. The highest BCUT2D eigenvalue weighted by molar-refractivity contribution is 6.31. The fraction of sp³-hybridized carbons (Fsp3) is 0.200. The number of nitrogens with zero attached hydrogens (tertiary/aromatic N) is 2. The number of aromatic nitrogens is 2. The molecule has 0 fully saturated rings. The molecule has 3 aromatic rings. The average Bonchev–Trinajstić information content (AvgIpc) is 3.04. The smallest absolute Gasteiger partial charge is 0.261 e. The second-order valence-corrected chi connectivity index (χ2v) is 6.81. The molecule has 0 saturated carbocycles. The Morgan fingerprint density at radius 2 is 1.92 bits per heavy atom. The minimum atomic E-state index is -0.0211. The lowest BCUT2D eigenvalue weighted by molar-refractivity contribution is 0.171. The molecule has 2 aliphatic rings. The van der Waals surface area contributed by atoms with Gasteiger partial charge >= 0.3 is 0 Å². The first-order valence-electron chi connectivity index (χ1n) is 8.50. The highest BCUT2D eigenvalue weighted by atomic mass is 35.5. The summed E-state index contributed by atoms with van der Waals surface area (Å²) in [7, 11) is 0. The molecule has 0 radical (unpaired) electrons. The summed E-state index contributed by atoms with van der Waals surface area (Å²) in [6.07, 6.45) is 2.82. The number of hydrogen-bond acceptors (Lipinski definition) is 4. The van der Waals surface area contributed by atoms with Crippen molar-refractivity contribution >= 4 is 34.2 Å². The van der Waals surface area contributed by atoms with Gasteiger partial charge in [-0.05, 0) is 54.0 Å². The Kier molecular flexibility index (Phi) is 3.50. The molecule has 6 heteroatoms. The highest BCUT2D eigenvalue weighted by Crippen LogP contribution is 2.33. The molecule has 0 N–H and O–H groups in total. The molecule has 5 nitrogen and oxygen atoms in total. The predicted molar refractivity (Wildman–Crippen MR) is 101 cm³/mol. The van der Waals surface area contributed by atoms with Crippen LogP contribution >= 0.6 is 11.6 Å². The first-order valence-corrected chi connectivity index (χ1v) is 8.87. The zero-order chi connectivity index (χ0) is 17.7. The number of allylic oxidation sites excluding steroid dienone is 1. The van der Waals surface area contributed by atoms with E-state index in [1.807, 2.05) is 18.2 Å². The molecular formula is C20H15ClN2O3. The molecule has 1 aromatic heterocycles. The number of benzene rings is 2. The van der Waals surface area contributed by atoms with Crippen LogP contribution in [0.25, 0.3) is 22.6 Å². The summed E-state index contributed by atoms with van der Waals surface area (Å²) < 4.78 is 12.9. The van der Waals surface area contributed by atoms with Gasteiger partial charge in [-0.15, -0.1) is 0 Å². The zero-order valence-corrected chi connectivity index (χ0v) is 14.6. The Morgan fingerprint density at radius 3 is 2.81 bits per heavy atom. The van der Waals surface area contributed by atoms with Crippen molar-refractivity contribution in [2.75, 3.05) is 13.2 Å². The summed E-state index contributed by atoms with van der Waals surface area (Å²) in [5, 5.41) is 1.17. The molecule has 26 heavy (non-hydrogen) atoms. The van der Waals surface area contributed by atoms with E-state index in [4.69, 9.17) is 26.1 Å². The average molecular weight is 367 g/mol. The van der Waals surface area contributed by atoms with Gasteiger partial charge in [-0.2, -0.15) is 0 Å². The van der Waals surface area contributed by atoms with E-state index in [1.165, 1.54) is 0 Å². The van der Waals surface area contributed by atoms with Gasteiger partial charge in [0.15, 0.2) is 11.5 Å². The third-order valence-electron chi connectivity index (χ3n) is 4.72. The maximum Gasteiger partial charge on any atom is 0.261 e. The lowest BCUT2D eigenvalue weighted by atomic mass is 10.1. The van der Waals surface area contributed by atoms with E-state index >= 15 is 0 Å². The van der Waals surface area contributed by atoms with Gasteiger partial charge in [0.1, 0.15) is 19.0 Å². The zero-order valence-electron chi connectivity index (χ0n) is 13.9. The second kappa shape index (κ2) is 5.88. The molecule has 0 aliphatic carbocycles. The van der Waals surface area contributed by atoms with Crippen LogP contribution in [0.2, 0.25) is 5.02 Å². The van der Waals surface area contributed by atoms with Crippen molar-refractivity contribution in [1.82, 2.24) is 9.55 Å². The number of rotatable bonds is 1. The molecule has 130 valence electrons. The predicted octanol–water partition coefficient (Wildman–Crippen LogP) is 3.77. The van der Waals surface area contributed by atoms with E-state index in [2.05, 4.69) is 6.08 Å². The summed E-state index contributed by atoms with van der Waals surface area (Å²) in [5.74, 6) is 2.22. The van der Waals surface area contributed by atoms with Crippen molar-refractivity contribution < 1.29 is 9.47 Å². The van der Waals surface area contributed by atoms with Crippen molar-refractivity contribution in [2.24, 2.45) is 0 Å². The first kappa shape index (κ1) is 15.5. The number of halogens is 1. The van der Waals surface area contributed by atoms with Crippen molar-refractivity contribution in [1.29, 1.82) is 0 Å². The van der Waals surface area contributed by atoms with Crippen LogP contribution in [0, 0.1) is 0 Å². The van der Waals surface area contributed by atoms with Gasteiger partial charge in [0, 0.05) is 11.6 Å². The fourth-order valence-corrected chi connectivity index (χ4v) is 3.64. The monoisotopic (exact) mass is 366 g/mol. The van der Waals surface area contributed by atoms with Gasteiger partial charge in [0.25, 0.3) is 5.56 Å². The van der Waals surface area contributed by atoms with Gasteiger partial charge in [0.05, 0.1) is 10.9 Å². The SMILES string of the molecule is O=c1c2ccc(Cl)cc2nc2n1CCC2=Cc1ccc2c(c1)OCCO2. The van der Waals surface area contributed by atoms with Crippen LogP contribution in [-0.2, 0) is 6.54 Å². The molecule has 0 bridgehead atoms. The third-order valence-corrected chi connectivity index (χ3v) is 4.95. The Bertz CT molecular complexity index is 1130. The van der Waals surface area contributed by atoms with Crippen LogP contribution in [0.5, 0.6) is 11.5 Å². The maximum absolute atomic E-state index is 12.7. The van der Waals surface area contributed by atoms with E-state index in [0.717, 1.165) is 29.1 Å². The van der Waals surface area contributed by atoms with Gasteiger partial charge in [-0.3, -0.25) is 9.36 Å². The summed E-state index contributed by atoms with van der Waals surface area (Å²) in [6.45, 7) is 1.76. The molecule has 2 aliphatic heterocycles. The Balaban J connectivity index is 1.62. The normalized spacial score (nSPS) is 16.9. The van der Waals surface area contributed by atoms with E-state index in [1.54, 1.807) is 22.8 Å². The Hall–Kier alpha value is -2.79. The third kappa shape index (κ3) is 2.47. The fourth-order valence-electron chi connectivity index (χ4n) is 3.48. The highest BCUT2D eigenvalue weighted by Gasteiger charge is 2.21. The number of ether oxygens (including phenoxy) is 2. The molecule has 3 heterocycles. The summed E-state index contributed by atoms with van der Waals surface area (Å²) >= 11 is 6.07. The molecule has 0 atom stereocenters. The van der Waals surface area contributed by atoms with Crippen molar-refractivity contribution in [3.63, 3.8) is 0 Å². The van der Waals surface area contributed by atoms with Gasteiger partial charge in [-0.1, -0.05) is 17.7 Å². The van der Waals surface area contributed by atoms with E-state index < -0.39 is 0 Å². The molecule has 5 rings (SSSR count). The van der Waals surface area contributed by atoms with Crippen LogP contribution in [0.4, 0.5) is 0 Å². The van der Waals surface area contributed by atoms with Crippen molar-refractivity contribution in [3.8, 4) is 11.5 Å². The van der Waals surface area contributed by atoms with E-state index in [-0.39, 0.29) is 5.56 Å². The van der Waals surface area contributed by atoms with E-state index in [9.17, 15) is 4.79 Å². The lowest BCUT2D eigenvalue weighted by Gasteiger charge is -2.18. The summed E-state index contributed by atoms with van der Waals surface area (Å²) in [5.41, 5.74) is 2.63. The van der Waals surface area contributed by atoms with Crippen LogP contribution in [0.15, 0.2) is 41.2 Å². The van der Waals surface area contributed by atoms with Crippen molar-refractivity contribution in [2.45, 2.75) is 13.0 Å². The molecular weight excluding hydrogens is 352 g/mol. The molecule has 0 saturated heterocycles. The number of fused-ring (bicyclic) bond motifs is 3. The minimum Gasteiger partial charge on any atom is -0.486 e. The lowest BCUT2D eigenvalue weighted by Crippen LogP contribution is -2.20. The van der Waals surface area contributed by atoms with Crippen LogP contribution in [-0.4, -0.2) is 22.8 Å². The number of hydrogen-bond donors (Lipinski definition) is 0. The van der Waals surface area contributed by atoms with Crippen LogP contribution in [0.3, 0.4) is 0 Å². The molecule has 0 unspecified atom stereocenters. The minimum absolute atomic E-state index is 0.0211. The Morgan fingerprint density at radius 1 is 1.08 bits per heavy atom. The van der Waals surface area contributed by atoms with Gasteiger partial charge in [-0.25, -0.2) is 4.98 Å². The van der Waals surface area contributed by atoms with Crippen LogP contribution in [0.1, 0.15) is 17.8 Å². The first-order chi connectivity index (χ1) is 12.7. The molecule has 0 spiro atoms. The molecule has 2 aromatic carbocycles. The largest absolute Gasteiger partial charge is 0.486 e. The topological polar surface area (TPSA) is 53.4 Å². The quantitative estimate of drug-likeness (QED) is 0.658. The van der Waals surface area contributed by atoms with Gasteiger partial charge in [0.2, 0.25) is 0 Å². The van der Waals surface area contributed by atoms with Crippen molar-refractivity contribution in [3.05, 3.63) is 63.2 Å². The maximum atomic E-state index is 12.7. The summed E-state index contributed by atoms with van der Waals surface area (Å²) in [6, 6.07) is 11.1. The Labute approximate surface area is 154 Å². The van der Waals surface area contributed by atoms with Crippen LogP contribution < -0.4 is 15.0 Å². The summed E-state index contributed by atoms with van der Waals surface area (Å²) in [4.78, 5) is 17.4. The molecule has 0 amide bonds. The van der Waals surface area contributed by atoms with E-state index in [0.29, 0.717) is 41.5 Å². The van der Waals surface area contributed by atoms with Gasteiger partial charge < -0.3 is 9.47 Å². The second-order valence-electron chi connectivity index (χ2n) is 6.38.